The fraction of sp³-hybridized carbons (Fsp3) is 0.550. The Hall–Kier alpha value is -2.61. The number of amides is 2. The number of carbonyl (C=O) groups is 3. The number of likely N-dealkylation sites (tertiary alicyclic amines) is 1. The number of fused-ring (bicyclic) bond motifs is 1. The fourth-order valence-corrected chi connectivity index (χ4v) is 4.41. The van der Waals surface area contributed by atoms with Gasteiger partial charge >= 0.3 is 5.97 Å². The summed E-state index contributed by atoms with van der Waals surface area (Å²) >= 11 is 0. The highest BCUT2D eigenvalue weighted by atomic mass is 16.5. The van der Waals surface area contributed by atoms with Crippen molar-refractivity contribution < 1.29 is 28.6 Å². The molecule has 2 aliphatic heterocycles. The van der Waals surface area contributed by atoms with Crippen LogP contribution < -0.4 is 14.8 Å². The maximum Gasteiger partial charge on any atom is 0.327 e. The normalized spacial score (nSPS) is 29.0. The van der Waals surface area contributed by atoms with E-state index in [1.165, 1.54) is 14.2 Å². The minimum atomic E-state index is -1.27. The lowest BCUT2D eigenvalue weighted by Crippen LogP contribution is -2.55. The summed E-state index contributed by atoms with van der Waals surface area (Å²) in [5.74, 6) is -1.62. The first-order valence-corrected chi connectivity index (χ1v) is 9.34. The van der Waals surface area contributed by atoms with Gasteiger partial charge in [0.2, 0.25) is 11.8 Å². The Morgan fingerprint density at radius 1 is 1.18 bits per heavy atom. The molecule has 0 bridgehead atoms. The minimum absolute atomic E-state index is 0.189. The molecule has 1 aromatic carbocycles. The van der Waals surface area contributed by atoms with E-state index in [-0.39, 0.29) is 18.4 Å². The number of methoxy groups -OCH3 is 2. The van der Waals surface area contributed by atoms with E-state index in [0.29, 0.717) is 23.5 Å². The van der Waals surface area contributed by atoms with E-state index < -0.39 is 29.4 Å². The lowest BCUT2D eigenvalue weighted by molar-refractivity contribution is -0.156. The Labute approximate surface area is 164 Å². The Kier molecular flexibility index (Phi) is 5.34. The van der Waals surface area contributed by atoms with Crippen LogP contribution >= 0.6 is 0 Å². The lowest BCUT2D eigenvalue weighted by atomic mass is 9.78. The average Bonchev–Trinajstić information content (AvgIpc) is 3.17. The molecule has 2 amide bonds. The number of hydrogen-bond acceptors (Lipinski definition) is 7. The first kappa shape index (κ1) is 20.1. The Morgan fingerprint density at radius 3 is 2.46 bits per heavy atom. The molecule has 2 heterocycles. The molecule has 0 aliphatic carbocycles. The van der Waals surface area contributed by atoms with Gasteiger partial charge in [-0.1, -0.05) is 13.0 Å². The Morgan fingerprint density at radius 2 is 1.89 bits per heavy atom. The van der Waals surface area contributed by atoms with Crippen LogP contribution in [-0.2, 0) is 19.1 Å². The third kappa shape index (κ3) is 2.74. The van der Waals surface area contributed by atoms with Crippen molar-refractivity contribution in [3.05, 3.63) is 23.8 Å². The van der Waals surface area contributed by atoms with E-state index in [2.05, 4.69) is 5.32 Å². The summed E-state index contributed by atoms with van der Waals surface area (Å²) in [6.07, 6.45) is 0.314. The van der Waals surface area contributed by atoms with E-state index >= 15 is 0 Å². The van der Waals surface area contributed by atoms with Crippen LogP contribution in [0.5, 0.6) is 11.5 Å². The maximum atomic E-state index is 12.9. The van der Waals surface area contributed by atoms with Crippen molar-refractivity contribution >= 4 is 17.8 Å². The molecule has 1 aromatic rings. The van der Waals surface area contributed by atoms with Crippen LogP contribution in [0.15, 0.2) is 18.2 Å². The lowest BCUT2D eigenvalue weighted by Gasteiger charge is -2.31. The number of carbonyl (C=O) groups excluding carboxylic acids is 3. The summed E-state index contributed by atoms with van der Waals surface area (Å²) in [5, 5.41) is 3.29. The van der Waals surface area contributed by atoms with Gasteiger partial charge in [0.1, 0.15) is 17.0 Å². The highest BCUT2D eigenvalue weighted by molar-refractivity contribution is 6.09. The predicted octanol–water partition coefficient (Wildman–Crippen LogP) is 1.29. The summed E-state index contributed by atoms with van der Waals surface area (Å²) in [7, 11) is 4.53. The highest BCUT2D eigenvalue weighted by Gasteiger charge is 2.67. The number of rotatable bonds is 6. The number of imide groups is 1. The van der Waals surface area contributed by atoms with E-state index in [9.17, 15) is 14.4 Å². The molecule has 0 unspecified atom stereocenters. The molecule has 0 saturated carbocycles. The number of esters is 1. The number of nitrogens with one attached hydrogen (secondary N) is 1. The van der Waals surface area contributed by atoms with Gasteiger partial charge in [0, 0.05) is 24.7 Å². The highest BCUT2D eigenvalue weighted by Crippen LogP contribution is 2.51. The summed E-state index contributed by atoms with van der Waals surface area (Å²) < 4.78 is 16.0. The number of hydrogen-bond donors (Lipinski definition) is 1. The van der Waals surface area contributed by atoms with Crippen LogP contribution in [0.1, 0.15) is 31.9 Å². The van der Waals surface area contributed by atoms with Gasteiger partial charge in [-0.25, -0.2) is 0 Å². The van der Waals surface area contributed by atoms with E-state index in [0.717, 1.165) is 4.90 Å². The minimum Gasteiger partial charge on any atom is -0.497 e. The zero-order valence-electron chi connectivity index (χ0n) is 16.8. The standard InChI is InChI=1S/C20H26N2O6/c1-6-20(19(25)28-7-2)15-14(17(23)22(3)18(15)24)16(21-20)12-9-8-11(26-4)10-13(12)27-5/h8-10,14-16,21H,6-7H2,1-5H3/t14-,15+,16+,20+/m0/s1. The van der Waals surface area contributed by atoms with Crippen molar-refractivity contribution in [2.75, 3.05) is 27.9 Å². The van der Waals surface area contributed by atoms with Crippen molar-refractivity contribution in [3.8, 4) is 11.5 Å². The molecule has 1 N–H and O–H groups in total. The zero-order valence-corrected chi connectivity index (χ0v) is 16.8. The second-order valence-corrected chi connectivity index (χ2v) is 7.01. The zero-order chi connectivity index (χ0) is 20.6. The van der Waals surface area contributed by atoms with Crippen LogP contribution in [-0.4, -0.2) is 56.1 Å². The fourth-order valence-electron chi connectivity index (χ4n) is 4.41. The molecular formula is C20H26N2O6. The van der Waals surface area contributed by atoms with Crippen LogP contribution in [0.3, 0.4) is 0 Å². The number of benzene rings is 1. The van der Waals surface area contributed by atoms with Gasteiger partial charge in [-0.3, -0.25) is 24.6 Å². The van der Waals surface area contributed by atoms with Gasteiger partial charge in [-0.15, -0.1) is 0 Å². The molecule has 8 heteroatoms. The van der Waals surface area contributed by atoms with E-state index in [4.69, 9.17) is 14.2 Å². The molecule has 0 aromatic heterocycles. The van der Waals surface area contributed by atoms with E-state index in [1.54, 1.807) is 32.2 Å². The molecule has 4 atom stereocenters. The first-order valence-electron chi connectivity index (χ1n) is 9.34. The topological polar surface area (TPSA) is 94.2 Å². The van der Waals surface area contributed by atoms with Crippen LogP contribution in [0, 0.1) is 11.8 Å². The molecule has 2 saturated heterocycles. The number of nitrogens with zero attached hydrogens (tertiary/aromatic N) is 1. The average molecular weight is 390 g/mol. The maximum absolute atomic E-state index is 12.9. The third-order valence-corrected chi connectivity index (χ3v) is 5.85. The summed E-state index contributed by atoms with van der Waals surface area (Å²) in [6, 6.07) is 4.69. The van der Waals surface area contributed by atoms with Gasteiger partial charge in [0.05, 0.1) is 32.7 Å². The first-order chi connectivity index (χ1) is 13.4. The molecule has 8 nitrogen and oxygen atoms in total. The van der Waals surface area contributed by atoms with Gasteiger partial charge in [-0.05, 0) is 19.4 Å². The molecule has 2 fully saturated rings. The van der Waals surface area contributed by atoms with Crippen LogP contribution in [0.4, 0.5) is 0 Å². The predicted molar refractivity (Wildman–Crippen MR) is 99.8 cm³/mol. The smallest absolute Gasteiger partial charge is 0.327 e. The third-order valence-electron chi connectivity index (χ3n) is 5.85. The summed E-state index contributed by atoms with van der Waals surface area (Å²) in [4.78, 5) is 39.9. The molecule has 0 spiro atoms. The summed E-state index contributed by atoms with van der Waals surface area (Å²) in [6.45, 7) is 3.71. The van der Waals surface area contributed by atoms with Crippen molar-refractivity contribution in [1.82, 2.24) is 10.2 Å². The summed E-state index contributed by atoms with van der Waals surface area (Å²) in [5.41, 5.74) is -0.581. The number of ether oxygens (including phenoxy) is 3. The molecule has 3 rings (SSSR count). The largest absolute Gasteiger partial charge is 0.497 e. The monoisotopic (exact) mass is 390 g/mol. The van der Waals surface area contributed by atoms with E-state index in [1.807, 2.05) is 6.92 Å². The SMILES string of the molecule is CCOC(=O)[C@]1(CC)N[C@H](c2ccc(OC)cc2OC)[C@H]2C(=O)N(C)C(=O)[C@@H]21. The second-order valence-electron chi connectivity index (χ2n) is 7.01. The van der Waals surface area contributed by atoms with Gasteiger partial charge in [0.15, 0.2) is 0 Å². The second kappa shape index (κ2) is 7.43. The quantitative estimate of drug-likeness (QED) is 0.578. The van der Waals surface area contributed by atoms with Crippen molar-refractivity contribution in [3.63, 3.8) is 0 Å². The molecule has 2 aliphatic rings. The van der Waals surface area contributed by atoms with Crippen molar-refractivity contribution in [2.24, 2.45) is 11.8 Å². The molecular weight excluding hydrogens is 364 g/mol. The van der Waals surface area contributed by atoms with Crippen LogP contribution in [0.25, 0.3) is 0 Å². The van der Waals surface area contributed by atoms with Crippen LogP contribution in [0.2, 0.25) is 0 Å². The van der Waals surface area contributed by atoms with Gasteiger partial charge in [0.25, 0.3) is 0 Å². The Balaban J connectivity index is 2.15. The molecule has 28 heavy (non-hydrogen) atoms. The van der Waals surface area contributed by atoms with Crippen molar-refractivity contribution in [2.45, 2.75) is 31.8 Å². The molecule has 0 radical (unpaired) electrons. The van der Waals surface area contributed by atoms with Gasteiger partial charge in [-0.2, -0.15) is 0 Å². The van der Waals surface area contributed by atoms with Gasteiger partial charge < -0.3 is 14.2 Å². The van der Waals surface area contributed by atoms with Crippen molar-refractivity contribution in [1.29, 1.82) is 0 Å². The Bertz CT molecular complexity index is 810. The molecule has 152 valence electrons.